The molecule has 0 saturated carbocycles. The van der Waals surface area contributed by atoms with Crippen molar-refractivity contribution >= 4 is 11.9 Å². The second-order valence-corrected chi connectivity index (χ2v) is 7.22. The summed E-state index contributed by atoms with van der Waals surface area (Å²) in [7, 11) is 0. The quantitative estimate of drug-likeness (QED) is 0.623. The van der Waals surface area contributed by atoms with E-state index >= 15 is 0 Å². The Morgan fingerprint density at radius 2 is 1.57 bits per heavy atom. The average Bonchev–Trinajstić information content (AvgIpc) is 2.44. The van der Waals surface area contributed by atoms with Crippen molar-refractivity contribution in [1.82, 2.24) is 0 Å². The second kappa shape index (κ2) is 5.99. The molecule has 23 heavy (non-hydrogen) atoms. The lowest BCUT2D eigenvalue weighted by atomic mass is 9.69. The third kappa shape index (κ3) is 3.26. The van der Waals surface area contributed by atoms with Crippen LogP contribution in [0.2, 0.25) is 0 Å². The molecule has 0 spiro atoms. The number of rotatable bonds is 4. The lowest BCUT2D eigenvalue weighted by Gasteiger charge is -2.41. The highest BCUT2D eigenvalue weighted by atomic mass is 16.7. The van der Waals surface area contributed by atoms with Crippen LogP contribution in [0.5, 0.6) is 0 Å². The molecule has 0 bridgehead atoms. The summed E-state index contributed by atoms with van der Waals surface area (Å²) < 4.78 is 10.6. The minimum atomic E-state index is -1.19. The smallest absolute Gasteiger partial charge is 0.324 e. The van der Waals surface area contributed by atoms with E-state index in [1.54, 1.807) is 13.8 Å². The molecule has 0 N–H and O–H groups in total. The third-order valence-electron chi connectivity index (χ3n) is 4.77. The van der Waals surface area contributed by atoms with E-state index in [0.717, 1.165) is 5.56 Å². The third-order valence-corrected chi connectivity index (χ3v) is 4.77. The number of carbonyl (C=O) groups excluding carboxylic acids is 2. The van der Waals surface area contributed by atoms with E-state index in [1.807, 2.05) is 26.0 Å². The molecule has 1 aromatic carbocycles. The predicted octanol–water partition coefficient (Wildman–Crippen LogP) is 3.93. The molecule has 0 aliphatic carbocycles. The fourth-order valence-electron chi connectivity index (χ4n) is 3.06. The van der Waals surface area contributed by atoms with E-state index in [2.05, 4.69) is 26.0 Å². The van der Waals surface area contributed by atoms with E-state index in [1.165, 1.54) is 5.56 Å². The minimum absolute atomic E-state index is 0.433. The number of hydrogen-bond acceptors (Lipinski definition) is 4. The monoisotopic (exact) mass is 318 g/mol. The number of hydrogen-bond donors (Lipinski definition) is 0. The Labute approximate surface area is 138 Å². The van der Waals surface area contributed by atoms with Gasteiger partial charge in [-0.25, -0.2) is 0 Å². The van der Waals surface area contributed by atoms with Crippen LogP contribution in [0.25, 0.3) is 0 Å². The molecule has 1 fully saturated rings. The molecule has 4 heteroatoms. The van der Waals surface area contributed by atoms with Crippen molar-refractivity contribution in [2.45, 2.75) is 65.1 Å². The van der Waals surface area contributed by atoms with Crippen LogP contribution in [0, 0.1) is 5.92 Å². The molecule has 126 valence electrons. The van der Waals surface area contributed by atoms with Gasteiger partial charge in [0.1, 0.15) is 0 Å². The zero-order chi connectivity index (χ0) is 17.4. The fourth-order valence-corrected chi connectivity index (χ4v) is 3.06. The van der Waals surface area contributed by atoms with Gasteiger partial charge in [-0.15, -0.1) is 0 Å². The highest BCUT2D eigenvalue weighted by Crippen LogP contribution is 2.41. The molecule has 1 aromatic rings. The molecule has 1 saturated heterocycles. The lowest BCUT2D eigenvalue weighted by Crippen LogP contribution is -2.53. The lowest BCUT2D eigenvalue weighted by molar-refractivity contribution is -0.243. The zero-order valence-electron chi connectivity index (χ0n) is 14.8. The molecule has 0 aromatic heterocycles. The van der Waals surface area contributed by atoms with Crippen molar-refractivity contribution < 1.29 is 19.1 Å². The summed E-state index contributed by atoms with van der Waals surface area (Å²) in [5.41, 5.74) is 1.52. The Morgan fingerprint density at radius 3 is 1.96 bits per heavy atom. The maximum absolute atomic E-state index is 12.5. The fraction of sp³-hybridized carbons (Fsp3) is 0.579. The number of carbonyl (C=O) groups is 2. The van der Waals surface area contributed by atoms with Gasteiger partial charge in [-0.2, -0.15) is 0 Å². The van der Waals surface area contributed by atoms with Gasteiger partial charge in [0.2, 0.25) is 0 Å². The maximum Gasteiger partial charge on any atom is 0.324 e. The first-order valence-corrected chi connectivity index (χ1v) is 8.17. The van der Waals surface area contributed by atoms with Crippen molar-refractivity contribution in [3.8, 4) is 0 Å². The Hall–Kier alpha value is -1.84. The van der Waals surface area contributed by atoms with E-state index < -0.39 is 29.1 Å². The second-order valence-electron chi connectivity index (χ2n) is 7.22. The van der Waals surface area contributed by atoms with E-state index in [4.69, 9.17) is 9.47 Å². The summed E-state index contributed by atoms with van der Waals surface area (Å²) in [6.45, 7) is 11.3. The van der Waals surface area contributed by atoms with Crippen molar-refractivity contribution in [3.63, 3.8) is 0 Å². The Bertz CT molecular complexity index is 580. The van der Waals surface area contributed by atoms with Gasteiger partial charge < -0.3 is 9.47 Å². The van der Waals surface area contributed by atoms with Crippen LogP contribution < -0.4 is 0 Å². The van der Waals surface area contributed by atoms with Crippen LogP contribution in [-0.2, 0) is 24.5 Å². The first-order valence-electron chi connectivity index (χ1n) is 8.17. The molecule has 1 aliphatic heterocycles. The van der Waals surface area contributed by atoms with Gasteiger partial charge in [-0.1, -0.05) is 52.0 Å². The highest BCUT2D eigenvalue weighted by molar-refractivity contribution is 5.98. The van der Waals surface area contributed by atoms with Gasteiger partial charge in [0, 0.05) is 19.3 Å². The van der Waals surface area contributed by atoms with Crippen molar-refractivity contribution in [2.24, 2.45) is 5.92 Å². The molecule has 1 aliphatic rings. The summed E-state index contributed by atoms with van der Waals surface area (Å²) in [4.78, 5) is 24.9. The minimum Gasteiger partial charge on any atom is -0.422 e. The Balaban J connectivity index is 2.40. The zero-order valence-corrected chi connectivity index (χ0v) is 14.8. The Kier molecular flexibility index (Phi) is 4.56. The van der Waals surface area contributed by atoms with Crippen LogP contribution >= 0.6 is 0 Å². The van der Waals surface area contributed by atoms with Gasteiger partial charge in [-0.3, -0.25) is 9.59 Å². The largest absolute Gasteiger partial charge is 0.422 e. The summed E-state index contributed by atoms with van der Waals surface area (Å²) >= 11 is 0. The number of ether oxygens (including phenoxy) is 2. The van der Waals surface area contributed by atoms with Crippen LogP contribution in [-0.4, -0.2) is 17.7 Å². The number of benzene rings is 1. The Morgan fingerprint density at radius 1 is 1.09 bits per heavy atom. The van der Waals surface area contributed by atoms with E-state index in [-0.39, 0.29) is 0 Å². The molecule has 2 rings (SSSR count). The summed E-state index contributed by atoms with van der Waals surface area (Å²) in [5.74, 6) is -2.72. The van der Waals surface area contributed by atoms with Crippen LogP contribution in [0.3, 0.4) is 0 Å². The maximum atomic E-state index is 12.5. The van der Waals surface area contributed by atoms with Crippen molar-refractivity contribution in [2.75, 3.05) is 0 Å². The molecule has 1 heterocycles. The van der Waals surface area contributed by atoms with Gasteiger partial charge in [0.15, 0.2) is 5.92 Å². The first-order chi connectivity index (χ1) is 10.6. The summed E-state index contributed by atoms with van der Waals surface area (Å²) in [5, 5.41) is 0. The highest BCUT2D eigenvalue weighted by Gasteiger charge is 2.52. The van der Waals surface area contributed by atoms with Crippen LogP contribution in [0.15, 0.2) is 24.3 Å². The molecular weight excluding hydrogens is 292 g/mol. The van der Waals surface area contributed by atoms with Crippen LogP contribution in [0.4, 0.5) is 0 Å². The van der Waals surface area contributed by atoms with Gasteiger partial charge >= 0.3 is 11.9 Å². The van der Waals surface area contributed by atoms with Crippen molar-refractivity contribution in [1.29, 1.82) is 0 Å². The SMILES string of the molecule is CC[C@@](C)(c1ccc(C(C)C)cc1)C1C(=O)OC(C)(C)OC1=O. The molecular formula is C19H26O4. The molecule has 1 atom stereocenters. The van der Waals surface area contributed by atoms with E-state index in [9.17, 15) is 9.59 Å². The average molecular weight is 318 g/mol. The summed E-state index contributed by atoms with van der Waals surface area (Å²) in [6.07, 6.45) is 0.628. The summed E-state index contributed by atoms with van der Waals surface area (Å²) in [6, 6.07) is 8.10. The molecule has 0 radical (unpaired) electrons. The van der Waals surface area contributed by atoms with Crippen molar-refractivity contribution in [3.05, 3.63) is 35.4 Å². The van der Waals surface area contributed by atoms with E-state index in [0.29, 0.717) is 12.3 Å². The number of esters is 2. The number of cyclic esters (lactones) is 2. The first kappa shape index (κ1) is 17.5. The predicted molar refractivity (Wildman–Crippen MR) is 87.9 cm³/mol. The normalized spacial score (nSPS) is 20.8. The molecule has 0 unspecified atom stereocenters. The molecule has 0 amide bonds. The topological polar surface area (TPSA) is 52.6 Å². The standard InChI is InChI=1S/C19H26O4/c1-7-19(6,14-10-8-13(9-11-14)12(2)3)15-16(20)22-18(4,5)23-17(15)21/h8-12,15H,7H2,1-6H3/t19-/m0/s1. The molecule has 4 nitrogen and oxygen atoms in total. The van der Waals surface area contributed by atoms with Gasteiger partial charge in [0.25, 0.3) is 5.79 Å². The van der Waals surface area contributed by atoms with Gasteiger partial charge in [-0.05, 0) is 23.5 Å². The van der Waals surface area contributed by atoms with Crippen LogP contribution in [0.1, 0.15) is 65.0 Å². The van der Waals surface area contributed by atoms with Gasteiger partial charge in [0.05, 0.1) is 0 Å².